The Morgan fingerprint density at radius 1 is 1.11 bits per heavy atom. The molecule has 0 aromatic heterocycles. The second kappa shape index (κ2) is 5.33. The van der Waals surface area contributed by atoms with E-state index in [2.05, 4.69) is 0 Å². The van der Waals surface area contributed by atoms with Crippen LogP contribution in [-0.2, 0) is 0 Å². The topological polar surface area (TPSA) is 43.1 Å². The van der Waals surface area contributed by atoms with Gasteiger partial charge in [-0.2, -0.15) is 4.39 Å². The van der Waals surface area contributed by atoms with Crippen molar-refractivity contribution < 1.29 is 9.31 Å². The standard InChI is InChI=1S/C12H5Cl3FNO2/c13-6-4-8(11(15)9(14)5-6)7-2-1-3-10(16)12(7)17(18)19/h1-5H. The monoisotopic (exact) mass is 319 g/mol. The Labute approximate surface area is 122 Å². The quantitative estimate of drug-likeness (QED) is 0.424. The number of nitro groups is 1. The summed E-state index contributed by atoms with van der Waals surface area (Å²) < 4.78 is 13.6. The average molecular weight is 321 g/mol. The summed E-state index contributed by atoms with van der Waals surface area (Å²) in [6.45, 7) is 0. The van der Waals surface area contributed by atoms with Gasteiger partial charge < -0.3 is 0 Å². The van der Waals surface area contributed by atoms with Gasteiger partial charge in [0.2, 0.25) is 5.82 Å². The van der Waals surface area contributed by atoms with Crippen molar-refractivity contribution in [3.05, 3.63) is 61.3 Å². The largest absolute Gasteiger partial charge is 0.312 e. The van der Waals surface area contributed by atoms with E-state index in [1.165, 1.54) is 24.3 Å². The minimum absolute atomic E-state index is 0.0272. The molecule has 0 atom stereocenters. The molecule has 7 heteroatoms. The zero-order valence-corrected chi connectivity index (χ0v) is 11.4. The number of halogens is 4. The van der Waals surface area contributed by atoms with Gasteiger partial charge in [-0.1, -0.05) is 40.9 Å². The molecule has 98 valence electrons. The van der Waals surface area contributed by atoms with Gasteiger partial charge in [0.25, 0.3) is 0 Å². The van der Waals surface area contributed by atoms with Crippen LogP contribution in [0.3, 0.4) is 0 Å². The molecule has 0 spiro atoms. The van der Waals surface area contributed by atoms with E-state index in [1.807, 2.05) is 0 Å². The fourth-order valence-corrected chi connectivity index (χ4v) is 2.37. The maximum Gasteiger partial charge on any atom is 0.312 e. The zero-order chi connectivity index (χ0) is 14.2. The number of hydrogen-bond donors (Lipinski definition) is 0. The minimum atomic E-state index is -0.949. The second-order valence-electron chi connectivity index (χ2n) is 3.64. The Kier molecular flexibility index (Phi) is 3.94. The molecule has 3 nitrogen and oxygen atoms in total. The molecule has 0 saturated heterocycles. The van der Waals surface area contributed by atoms with Gasteiger partial charge in [-0.15, -0.1) is 0 Å². The molecular formula is C12H5Cl3FNO2. The number of nitro benzene ring substituents is 1. The first-order valence-corrected chi connectivity index (χ1v) is 6.13. The maximum atomic E-state index is 13.6. The SMILES string of the molecule is O=[N+]([O-])c1c(F)cccc1-c1cc(Cl)cc(Cl)c1Cl. The van der Waals surface area contributed by atoms with Crippen LogP contribution in [0, 0.1) is 15.9 Å². The molecule has 19 heavy (non-hydrogen) atoms. The highest BCUT2D eigenvalue weighted by Crippen LogP contribution is 2.40. The summed E-state index contributed by atoms with van der Waals surface area (Å²) in [7, 11) is 0. The summed E-state index contributed by atoms with van der Waals surface area (Å²) >= 11 is 17.7. The van der Waals surface area contributed by atoms with Gasteiger partial charge in [-0.05, 0) is 24.3 Å². The molecule has 0 bridgehead atoms. The van der Waals surface area contributed by atoms with Crippen LogP contribution in [0.25, 0.3) is 11.1 Å². The van der Waals surface area contributed by atoms with Crippen LogP contribution in [-0.4, -0.2) is 4.92 Å². The van der Waals surface area contributed by atoms with Gasteiger partial charge >= 0.3 is 5.69 Å². The third kappa shape index (κ3) is 2.66. The van der Waals surface area contributed by atoms with Crippen LogP contribution in [0.2, 0.25) is 15.1 Å². The first kappa shape index (κ1) is 14.1. The van der Waals surface area contributed by atoms with Crippen molar-refractivity contribution in [2.24, 2.45) is 0 Å². The predicted molar refractivity (Wildman–Crippen MR) is 73.5 cm³/mol. The molecule has 0 N–H and O–H groups in total. The number of rotatable bonds is 2. The summed E-state index contributed by atoms with van der Waals surface area (Å²) in [5.41, 5.74) is -0.424. The maximum absolute atomic E-state index is 13.6. The fourth-order valence-electron chi connectivity index (χ4n) is 1.67. The Balaban J connectivity index is 2.80. The smallest absolute Gasteiger partial charge is 0.258 e. The molecular weight excluding hydrogens is 315 g/mol. The highest BCUT2D eigenvalue weighted by Gasteiger charge is 2.23. The minimum Gasteiger partial charge on any atom is -0.258 e. The molecule has 0 saturated carbocycles. The van der Waals surface area contributed by atoms with Crippen molar-refractivity contribution >= 4 is 40.5 Å². The first-order chi connectivity index (χ1) is 8.91. The Hall–Kier alpha value is -1.36. The summed E-state index contributed by atoms with van der Waals surface area (Å²) in [5, 5.41) is 11.4. The van der Waals surface area contributed by atoms with E-state index in [9.17, 15) is 14.5 Å². The van der Waals surface area contributed by atoms with Crippen molar-refractivity contribution in [1.29, 1.82) is 0 Å². The summed E-state index contributed by atoms with van der Waals surface area (Å²) in [6.07, 6.45) is 0. The summed E-state index contributed by atoms with van der Waals surface area (Å²) in [5.74, 6) is -0.949. The Morgan fingerprint density at radius 2 is 1.79 bits per heavy atom. The van der Waals surface area contributed by atoms with E-state index in [-0.39, 0.29) is 26.2 Å². The third-order valence-electron chi connectivity index (χ3n) is 2.45. The first-order valence-electron chi connectivity index (χ1n) is 4.99. The van der Waals surface area contributed by atoms with E-state index < -0.39 is 16.4 Å². The van der Waals surface area contributed by atoms with Crippen LogP contribution in [0.15, 0.2) is 30.3 Å². The van der Waals surface area contributed by atoms with Crippen LogP contribution >= 0.6 is 34.8 Å². The molecule has 0 fully saturated rings. The molecule has 2 aromatic carbocycles. The molecule has 0 unspecified atom stereocenters. The second-order valence-corrected chi connectivity index (χ2v) is 4.86. The van der Waals surface area contributed by atoms with Crippen molar-refractivity contribution in [2.75, 3.05) is 0 Å². The van der Waals surface area contributed by atoms with Gasteiger partial charge in [0.05, 0.1) is 20.5 Å². The molecule has 0 aliphatic heterocycles. The van der Waals surface area contributed by atoms with Gasteiger partial charge in [0.1, 0.15) is 0 Å². The fraction of sp³-hybridized carbons (Fsp3) is 0. The van der Waals surface area contributed by atoms with Crippen LogP contribution in [0.5, 0.6) is 0 Å². The average Bonchev–Trinajstić information content (AvgIpc) is 2.33. The van der Waals surface area contributed by atoms with Crippen molar-refractivity contribution in [1.82, 2.24) is 0 Å². The number of benzene rings is 2. The van der Waals surface area contributed by atoms with Crippen LogP contribution in [0.4, 0.5) is 10.1 Å². The molecule has 0 aliphatic carbocycles. The lowest BCUT2D eigenvalue weighted by atomic mass is 10.0. The molecule has 2 rings (SSSR count). The molecule has 0 amide bonds. The highest BCUT2D eigenvalue weighted by atomic mass is 35.5. The van der Waals surface area contributed by atoms with E-state index in [0.717, 1.165) is 6.07 Å². The third-order valence-corrected chi connectivity index (χ3v) is 3.47. The van der Waals surface area contributed by atoms with Crippen LogP contribution in [0.1, 0.15) is 0 Å². The lowest BCUT2D eigenvalue weighted by Crippen LogP contribution is -1.96. The Bertz CT molecular complexity index is 676. The van der Waals surface area contributed by atoms with E-state index in [1.54, 1.807) is 0 Å². The van der Waals surface area contributed by atoms with Gasteiger partial charge in [-0.3, -0.25) is 10.1 Å². The normalized spacial score (nSPS) is 10.5. The van der Waals surface area contributed by atoms with Gasteiger partial charge in [0.15, 0.2) is 0 Å². The van der Waals surface area contributed by atoms with Crippen molar-refractivity contribution in [3.8, 4) is 11.1 Å². The van der Waals surface area contributed by atoms with Gasteiger partial charge in [0, 0.05) is 10.6 Å². The Morgan fingerprint density at radius 3 is 2.42 bits per heavy atom. The highest BCUT2D eigenvalue weighted by molar-refractivity contribution is 6.45. The molecule has 0 aliphatic rings. The molecule has 0 heterocycles. The summed E-state index contributed by atoms with van der Waals surface area (Å²) in [4.78, 5) is 10.1. The van der Waals surface area contributed by atoms with Gasteiger partial charge in [-0.25, -0.2) is 0 Å². The van der Waals surface area contributed by atoms with E-state index in [4.69, 9.17) is 34.8 Å². The number of nitrogens with zero attached hydrogens (tertiary/aromatic N) is 1. The lowest BCUT2D eigenvalue weighted by Gasteiger charge is -2.08. The number of hydrogen-bond acceptors (Lipinski definition) is 2. The predicted octanol–water partition coefficient (Wildman–Crippen LogP) is 5.36. The van der Waals surface area contributed by atoms with Crippen molar-refractivity contribution in [3.63, 3.8) is 0 Å². The van der Waals surface area contributed by atoms with Crippen molar-refractivity contribution in [2.45, 2.75) is 0 Å². The van der Waals surface area contributed by atoms with E-state index in [0.29, 0.717) is 0 Å². The number of para-hydroxylation sites is 1. The summed E-state index contributed by atoms with van der Waals surface area (Å²) in [6, 6.07) is 6.54. The van der Waals surface area contributed by atoms with E-state index >= 15 is 0 Å². The molecule has 2 aromatic rings. The van der Waals surface area contributed by atoms with Crippen LogP contribution < -0.4 is 0 Å². The molecule has 0 radical (unpaired) electrons. The zero-order valence-electron chi connectivity index (χ0n) is 9.16. The lowest BCUT2D eigenvalue weighted by molar-refractivity contribution is -0.386.